The molecule has 5 nitrogen and oxygen atoms in total. The lowest BCUT2D eigenvalue weighted by molar-refractivity contribution is 0.126. The third kappa shape index (κ3) is 4.52. The monoisotopic (exact) mass is 343 g/mol. The zero-order valence-corrected chi connectivity index (χ0v) is 12.8. The van der Waals surface area contributed by atoms with E-state index < -0.39 is 6.10 Å². The average molecular weight is 344 g/mol. The summed E-state index contributed by atoms with van der Waals surface area (Å²) in [5.74, 6) is 1.26. The Balaban J connectivity index is 1.74. The Morgan fingerprint density at radius 2 is 2.16 bits per heavy atom. The number of aliphatic hydroxyl groups excluding tert-OH is 1. The molecule has 0 amide bonds. The van der Waals surface area contributed by atoms with E-state index in [0.29, 0.717) is 5.75 Å². The van der Waals surface area contributed by atoms with E-state index in [9.17, 15) is 5.11 Å². The summed E-state index contributed by atoms with van der Waals surface area (Å²) in [6.45, 7) is 0.256. The second-order valence-corrected chi connectivity index (χ2v) is 5.86. The molecule has 0 aliphatic rings. The lowest BCUT2D eigenvalue weighted by Gasteiger charge is -2.11. The number of hydrogen-bond acceptors (Lipinski definition) is 5. The molecule has 1 unspecified atom stereocenters. The van der Waals surface area contributed by atoms with Gasteiger partial charge in [0.15, 0.2) is 5.16 Å². The van der Waals surface area contributed by atoms with Gasteiger partial charge in [-0.15, -0.1) is 10.2 Å². The summed E-state index contributed by atoms with van der Waals surface area (Å²) >= 11 is 4.81. The summed E-state index contributed by atoms with van der Waals surface area (Å²) in [7, 11) is 1.87. The molecule has 102 valence electrons. The molecule has 2 aromatic rings. The van der Waals surface area contributed by atoms with Crippen LogP contribution >= 0.6 is 27.7 Å². The van der Waals surface area contributed by atoms with Crippen molar-refractivity contribution in [2.75, 3.05) is 12.4 Å². The molecule has 1 atom stereocenters. The van der Waals surface area contributed by atoms with Crippen LogP contribution in [0.3, 0.4) is 0 Å². The minimum absolute atomic E-state index is 0.256. The highest BCUT2D eigenvalue weighted by atomic mass is 79.9. The highest BCUT2D eigenvalue weighted by Gasteiger charge is 2.09. The molecule has 1 aromatic carbocycles. The molecule has 0 saturated heterocycles. The van der Waals surface area contributed by atoms with Crippen LogP contribution in [0.2, 0.25) is 0 Å². The van der Waals surface area contributed by atoms with Crippen LogP contribution in [0.1, 0.15) is 0 Å². The molecular weight excluding hydrogens is 330 g/mol. The average Bonchev–Trinajstić information content (AvgIpc) is 2.81. The number of nitrogens with zero attached hydrogens (tertiary/aromatic N) is 3. The van der Waals surface area contributed by atoms with E-state index in [2.05, 4.69) is 26.1 Å². The maximum absolute atomic E-state index is 9.84. The summed E-state index contributed by atoms with van der Waals surface area (Å²) in [6, 6.07) is 7.51. The van der Waals surface area contributed by atoms with Crippen LogP contribution in [0.25, 0.3) is 0 Å². The summed E-state index contributed by atoms with van der Waals surface area (Å²) in [4.78, 5) is 0. The van der Waals surface area contributed by atoms with Crippen molar-refractivity contribution < 1.29 is 9.84 Å². The first-order valence-corrected chi connectivity index (χ1v) is 7.46. The first-order valence-electron chi connectivity index (χ1n) is 5.68. The van der Waals surface area contributed by atoms with Crippen LogP contribution in [-0.2, 0) is 7.05 Å². The minimum atomic E-state index is -0.551. The number of hydrogen-bond donors (Lipinski definition) is 1. The zero-order valence-electron chi connectivity index (χ0n) is 10.4. The van der Waals surface area contributed by atoms with Gasteiger partial charge in [0.1, 0.15) is 18.7 Å². The van der Waals surface area contributed by atoms with Crippen LogP contribution in [0, 0.1) is 0 Å². The number of halogens is 1. The highest BCUT2D eigenvalue weighted by molar-refractivity contribution is 9.10. The van der Waals surface area contributed by atoms with Crippen LogP contribution in [0.5, 0.6) is 5.75 Å². The third-order valence-corrected chi connectivity index (χ3v) is 4.04. The molecular formula is C12H14BrN3O2S. The van der Waals surface area contributed by atoms with Gasteiger partial charge >= 0.3 is 0 Å². The van der Waals surface area contributed by atoms with Crippen LogP contribution in [0.4, 0.5) is 0 Å². The smallest absolute Gasteiger partial charge is 0.190 e. The molecule has 19 heavy (non-hydrogen) atoms. The van der Waals surface area contributed by atoms with Gasteiger partial charge in [-0.1, -0.05) is 27.7 Å². The van der Waals surface area contributed by atoms with Gasteiger partial charge in [0.25, 0.3) is 0 Å². The van der Waals surface area contributed by atoms with Gasteiger partial charge in [0.2, 0.25) is 0 Å². The van der Waals surface area contributed by atoms with Gasteiger partial charge in [0.05, 0.1) is 6.10 Å². The number of aromatic nitrogens is 3. The van der Waals surface area contributed by atoms with E-state index in [1.54, 1.807) is 6.33 Å². The summed E-state index contributed by atoms with van der Waals surface area (Å²) < 4.78 is 8.31. The predicted octanol–water partition coefficient (Wildman–Crippen LogP) is 2.11. The minimum Gasteiger partial charge on any atom is -0.491 e. The maximum Gasteiger partial charge on any atom is 0.190 e. The standard InChI is InChI=1S/C12H14BrN3O2S/c1-16-8-14-15-12(16)19-7-10(17)6-18-11-4-2-9(13)3-5-11/h2-5,8,10,17H,6-7H2,1H3. The van der Waals surface area contributed by atoms with Crippen molar-refractivity contribution in [3.63, 3.8) is 0 Å². The Labute approximate surface area is 124 Å². The SMILES string of the molecule is Cn1cnnc1SCC(O)COc1ccc(Br)cc1. The van der Waals surface area contributed by atoms with Crippen molar-refractivity contribution in [1.82, 2.24) is 14.8 Å². The van der Waals surface area contributed by atoms with Crippen molar-refractivity contribution in [2.45, 2.75) is 11.3 Å². The topological polar surface area (TPSA) is 60.2 Å². The van der Waals surface area contributed by atoms with Crippen LogP contribution in [0.15, 0.2) is 40.2 Å². The predicted molar refractivity (Wildman–Crippen MR) is 77.4 cm³/mol. The first-order chi connectivity index (χ1) is 9.15. The molecule has 0 aliphatic carbocycles. The third-order valence-electron chi connectivity index (χ3n) is 2.33. The van der Waals surface area contributed by atoms with E-state index in [1.165, 1.54) is 11.8 Å². The fourth-order valence-corrected chi connectivity index (χ4v) is 2.40. The van der Waals surface area contributed by atoms with Gasteiger partial charge in [0, 0.05) is 17.3 Å². The first kappa shape index (κ1) is 14.4. The molecule has 0 bridgehead atoms. The molecule has 1 aromatic heterocycles. The molecule has 1 N–H and O–H groups in total. The number of rotatable bonds is 6. The summed E-state index contributed by atoms with van der Waals surface area (Å²) in [5, 5.41) is 18.3. The van der Waals surface area contributed by atoms with E-state index in [1.807, 2.05) is 35.9 Å². The Hall–Kier alpha value is -1.05. The molecule has 0 saturated carbocycles. The Morgan fingerprint density at radius 1 is 1.42 bits per heavy atom. The van der Waals surface area contributed by atoms with Gasteiger partial charge in [-0.05, 0) is 24.3 Å². The lowest BCUT2D eigenvalue weighted by atomic mass is 10.3. The van der Waals surface area contributed by atoms with Gasteiger partial charge in [-0.3, -0.25) is 0 Å². The van der Waals surface area contributed by atoms with Gasteiger partial charge in [-0.2, -0.15) is 0 Å². The number of aliphatic hydroxyl groups is 1. The molecule has 2 rings (SSSR count). The van der Waals surface area contributed by atoms with Crippen LogP contribution < -0.4 is 4.74 Å². The molecule has 7 heteroatoms. The fraction of sp³-hybridized carbons (Fsp3) is 0.333. The zero-order chi connectivity index (χ0) is 13.7. The number of thioether (sulfide) groups is 1. The maximum atomic E-state index is 9.84. The Kier molecular flexibility index (Phi) is 5.24. The number of ether oxygens (including phenoxy) is 1. The van der Waals surface area contributed by atoms with Crippen molar-refractivity contribution >= 4 is 27.7 Å². The second kappa shape index (κ2) is 6.93. The lowest BCUT2D eigenvalue weighted by Crippen LogP contribution is -2.20. The fourth-order valence-electron chi connectivity index (χ4n) is 1.35. The van der Waals surface area contributed by atoms with E-state index in [0.717, 1.165) is 15.4 Å². The van der Waals surface area contributed by atoms with E-state index in [4.69, 9.17) is 4.74 Å². The van der Waals surface area contributed by atoms with Crippen molar-refractivity contribution in [3.05, 3.63) is 35.1 Å². The van der Waals surface area contributed by atoms with E-state index >= 15 is 0 Å². The largest absolute Gasteiger partial charge is 0.491 e. The molecule has 0 fully saturated rings. The number of aryl methyl sites for hydroxylation is 1. The van der Waals surface area contributed by atoms with Gasteiger partial charge < -0.3 is 14.4 Å². The van der Waals surface area contributed by atoms with Crippen molar-refractivity contribution in [3.8, 4) is 5.75 Å². The summed E-state index contributed by atoms with van der Waals surface area (Å²) in [6.07, 6.45) is 1.08. The van der Waals surface area contributed by atoms with Crippen LogP contribution in [-0.4, -0.2) is 38.3 Å². The Bertz CT molecular complexity index is 518. The Morgan fingerprint density at radius 3 is 2.79 bits per heavy atom. The molecule has 0 aliphatic heterocycles. The quantitative estimate of drug-likeness (QED) is 0.814. The van der Waals surface area contributed by atoms with E-state index in [-0.39, 0.29) is 6.61 Å². The van der Waals surface area contributed by atoms with Crippen molar-refractivity contribution in [1.29, 1.82) is 0 Å². The number of benzene rings is 1. The van der Waals surface area contributed by atoms with Gasteiger partial charge in [-0.25, -0.2) is 0 Å². The highest BCUT2D eigenvalue weighted by Crippen LogP contribution is 2.18. The molecule has 1 heterocycles. The van der Waals surface area contributed by atoms with Crippen molar-refractivity contribution in [2.24, 2.45) is 7.05 Å². The molecule has 0 radical (unpaired) electrons. The normalized spacial score (nSPS) is 12.4. The second-order valence-electron chi connectivity index (χ2n) is 3.95. The molecule has 0 spiro atoms. The summed E-state index contributed by atoms with van der Waals surface area (Å²) in [5.41, 5.74) is 0.